The average Bonchev–Trinajstić information content (AvgIpc) is 3.11. The molecule has 0 N–H and O–H groups in total. The first-order chi connectivity index (χ1) is 11.6. The summed E-state index contributed by atoms with van der Waals surface area (Å²) in [5, 5.41) is 4.22. The second-order valence-corrected chi connectivity index (χ2v) is 5.65. The number of aromatic nitrogens is 3. The van der Waals surface area contributed by atoms with Crippen molar-refractivity contribution >= 4 is 5.78 Å². The van der Waals surface area contributed by atoms with Gasteiger partial charge in [0, 0.05) is 24.9 Å². The summed E-state index contributed by atoms with van der Waals surface area (Å²) in [6, 6.07) is 11.9. The van der Waals surface area contributed by atoms with E-state index in [0.29, 0.717) is 18.0 Å². The van der Waals surface area contributed by atoms with Crippen LogP contribution in [0.5, 0.6) is 5.88 Å². The van der Waals surface area contributed by atoms with Gasteiger partial charge < -0.3 is 4.74 Å². The summed E-state index contributed by atoms with van der Waals surface area (Å²) in [6.45, 7) is 3.48. The van der Waals surface area contributed by atoms with Crippen LogP contribution in [0.25, 0.3) is 5.69 Å². The molecule has 0 saturated heterocycles. The molecule has 0 saturated carbocycles. The third-order valence-electron chi connectivity index (χ3n) is 3.99. The number of pyridine rings is 1. The molecule has 0 bridgehead atoms. The monoisotopic (exact) mass is 321 g/mol. The van der Waals surface area contributed by atoms with Gasteiger partial charge in [-0.1, -0.05) is 12.1 Å². The van der Waals surface area contributed by atoms with Gasteiger partial charge in [0.1, 0.15) is 5.69 Å². The molecule has 3 aromatic rings. The fourth-order valence-electron chi connectivity index (χ4n) is 2.61. The molecule has 122 valence electrons. The minimum atomic E-state index is -0.0661. The van der Waals surface area contributed by atoms with E-state index in [1.54, 1.807) is 13.3 Å². The molecule has 0 radical (unpaired) electrons. The van der Waals surface area contributed by atoms with Crippen LogP contribution in [0.1, 0.15) is 34.1 Å². The Morgan fingerprint density at radius 2 is 2.00 bits per heavy atom. The minimum Gasteiger partial charge on any atom is -0.481 e. The predicted molar refractivity (Wildman–Crippen MR) is 91.9 cm³/mol. The quantitative estimate of drug-likeness (QED) is 0.676. The summed E-state index contributed by atoms with van der Waals surface area (Å²) < 4.78 is 7.13. The lowest BCUT2D eigenvalue weighted by Gasteiger charge is -2.12. The van der Waals surface area contributed by atoms with E-state index in [4.69, 9.17) is 4.74 Å². The number of carbonyl (C=O) groups excluding carboxylic acids is 1. The van der Waals surface area contributed by atoms with Gasteiger partial charge in [-0.3, -0.25) is 4.79 Å². The molecule has 0 amide bonds. The maximum atomic E-state index is 11.7. The minimum absolute atomic E-state index is 0.0661. The van der Waals surface area contributed by atoms with E-state index in [-0.39, 0.29) is 5.78 Å². The van der Waals surface area contributed by atoms with Gasteiger partial charge in [-0.15, -0.1) is 0 Å². The molecular weight excluding hydrogens is 302 g/mol. The molecule has 0 aliphatic heterocycles. The van der Waals surface area contributed by atoms with Crippen molar-refractivity contribution in [2.45, 2.75) is 20.3 Å². The predicted octanol–water partition coefficient (Wildman–Crippen LogP) is 3.38. The van der Waals surface area contributed by atoms with Crippen molar-refractivity contribution in [3.63, 3.8) is 0 Å². The lowest BCUT2D eigenvalue weighted by Crippen LogP contribution is -2.05. The number of hydrogen-bond donors (Lipinski definition) is 0. The van der Waals surface area contributed by atoms with Crippen LogP contribution in [0.3, 0.4) is 0 Å². The summed E-state index contributed by atoms with van der Waals surface area (Å²) in [6.07, 6.45) is 4.38. The molecule has 24 heavy (non-hydrogen) atoms. The van der Waals surface area contributed by atoms with Gasteiger partial charge in [0.15, 0.2) is 5.78 Å². The van der Waals surface area contributed by atoms with Crippen LogP contribution in [0, 0.1) is 6.92 Å². The van der Waals surface area contributed by atoms with E-state index in [1.807, 2.05) is 42.1 Å². The molecule has 1 aromatic carbocycles. The fraction of sp³-hybridized carbons (Fsp3) is 0.211. The van der Waals surface area contributed by atoms with Crippen molar-refractivity contribution in [1.29, 1.82) is 0 Å². The molecule has 5 heteroatoms. The summed E-state index contributed by atoms with van der Waals surface area (Å²) in [7, 11) is 1.57. The van der Waals surface area contributed by atoms with Crippen LogP contribution >= 0.6 is 0 Å². The molecule has 3 rings (SSSR count). The molecule has 5 nitrogen and oxygen atoms in total. The second-order valence-electron chi connectivity index (χ2n) is 5.65. The summed E-state index contributed by atoms with van der Waals surface area (Å²) in [5.74, 6) is 0.439. The standard InChI is InChI=1S/C19H19N3O2/c1-13-16(12-18(14(2)23)21-19(13)24-3)11-15-5-7-17(8-6-15)22-10-4-9-20-22/h4-10,12H,11H2,1-3H3. The van der Waals surface area contributed by atoms with Crippen LogP contribution in [0.2, 0.25) is 0 Å². The first-order valence-corrected chi connectivity index (χ1v) is 7.73. The number of Topliss-reactive ketones (excluding diaryl/α,β-unsaturated/α-hetero) is 1. The van der Waals surface area contributed by atoms with Crippen molar-refractivity contribution in [3.8, 4) is 11.6 Å². The molecule has 0 aliphatic rings. The topological polar surface area (TPSA) is 57.0 Å². The number of benzene rings is 1. The Kier molecular flexibility index (Phi) is 4.42. The Morgan fingerprint density at radius 3 is 2.58 bits per heavy atom. The van der Waals surface area contributed by atoms with E-state index in [0.717, 1.165) is 22.4 Å². The number of carbonyl (C=O) groups is 1. The molecule has 0 spiro atoms. The molecule has 0 atom stereocenters. The number of hydrogen-bond acceptors (Lipinski definition) is 4. The second kappa shape index (κ2) is 6.66. The third kappa shape index (κ3) is 3.20. The van der Waals surface area contributed by atoms with Gasteiger partial charge in [0.05, 0.1) is 12.8 Å². The molecule has 2 heterocycles. The highest BCUT2D eigenvalue weighted by Crippen LogP contribution is 2.23. The largest absolute Gasteiger partial charge is 0.481 e. The Bertz CT molecular complexity index is 853. The summed E-state index contributed by atoms with van der Waals surface area (Å²) in [5.41, 5.74) is 4.59. The maximum Gasteiger partial charge on any atom is 0.216 e. The van der Waals surface area contributed by atoms with Gasteiger partial charge in [-0.25, -0.2) is 9.67 Å². The smallest absolute Gasteiger partial charge is 0.216 e. The first kappa shape index (κ1) is 15.9. The molecule has 0 fully saturated rings. The Morgan fingerprint density at radius 1 is 1.25 bits per heavy atom. The van der Waals surface area contributed by atoms with Crippen molar-refractivity contribution < 1.29 is 9.53 Å². The van der Waals surface area contributed by atoms with Crippen LogP contribution < -0.4 is 4.74 Å². The van der Waals surface area contributed by atoms with Gasteiger partial charge in [0.2, 0.25) is 5.88 Å². The number of rotatable bonds is 5. The lowest BCUT2D eigenvalue weighted by atomic mass is 10.00. The number of ketones is 1. The van der Waals surface area contributed by atoms with E-state index in [1.165, 1.54) is 6.92 Å². The molecular formula is C19H19N3O2. The van der Waals surface area contributed by atoms with Gasteiger partial charge in [0.25, 0.3) is 0 Å². The van der Waals surface area contributed by atoms with Crippen LogP contribution in [-0.4, -0.2) is 27.7 Å². The van der Waals surface area contributed by atoms with Gasteiger partial charge >= 0.3 is 0 Å². The normalized spacial score (nSPS) is 10.6. The lowest BCUT2D eigenvalue weighted by molar-refractivity contribution is 0.101. The highest BCUT2D eigenvalue weighted by atomic mass is 16.5. The zero-order valence-electron chi connectivity index (χ0n) is 14.0. The summed E-state index contributed by atoms with van der Waals surface area (Å²) >= 11 is 0. The van der Waals surface area contributed by atoms with E-state index < -0.39 is 0 Å². The Labute approximate surface area is 140 Å². The zero-order chi connectivity index (χ0) is 17.1. The molecule has 2 aromatic heterocycles. The van der Waals surface area contributed by atoms with Crippen LogP contribution in [0.15, 0.2) is 48.8 Å². The van der Waals surface area contributed by atoms with Gasteiger partial charge in [-0.05, 0) is 48.7 Å². The third-order valence-corrected chi connectivity index (χ3v) is 3.99. The Balaban J connectivity index is 1.90. The average molecular weight is 321 g/mol. The SMILES string of the molecule is COc1nc(C(C)=O)cc(Cc2ccc(-n3cccn3)cc2)c1C. The van der Waals surface area contributed by atoms with E-state index in [2.05, 4.69) is 22.2 Å². The maximum absolute atomic E-state index is 11.7. The zero-order valence-corrected chi connectivity index (χ0v) is 14.0. The van der Waals surface area contributed by atoms with Gasteiger partial charge in [-0.2, -0.15) is 5.10 Å². The van der Waals surface area contributed by atoms with Crippen molar-refractivity contribution in [3.05, 3.63) is 71.2 Å². The number of nitrogens with zero attached hydrogens (tertiary/aromatic N) is 3. The van der Waals surface area contributed by atoms with Crippen molar-refractivity contribution in [2.75, 3.05) is 7.11 Å². The molecule has 0 unspecified atom stereocenters. The van der Waals surface area contributed by atoms with E-state index in [9.17, 15) is 4.79 Å². The highest BCUT2D eigenvalue weighted by Gasteiger charge is 2.12. The molecule has 0 aliphatic carbocycles. The van der Waals surface area contributed by atoms with E-state index >= 15 is 0 Å². The number of ether oxygens (including phenoxy) is 1. The first-order valence-electron chi connectivity index (χ1n) is 7.73. The number of methoxy groups -OCH3 is 1. The Hall–Kier alpha value is -2.95. The summed E-state index contributed by atoms with van der Waals surface area (Å²) in [4.78, 5) is 15.9. The van der Waals surface area contributed by atoms with Crippen molar-refractivity contribution in [2.24, 2.45) is 0 Å². The van der Waals surface area contributed by atoms with Crippen LogP contribution in [-0.2, 0) is 6.42 Å². The highest BCUT2D eigenvalue weighted by molar-refractivity contribution is 5.92. The fourth-order valence-corrected chi connectivity index (χ4v) is 2.61. The van der Waals surface area contributed by atoms with Crippen molar-refractivity contribution in [1.82, 2.24) is 14.8 Å². The van der Waals surface area contributed by atoms with Crippen LogP contribution in [0.4, 0.5) is 0 Å².